The molecule has 1 atom stereocenters. The summed E-state index contributed by atoms with van der Waals surface area (Å²) in [5.74, 6) is -1.40. The lowest BCUT2D eigenvalue weighted by Gasteiger charge is -2.21. The Morgan fingerprint density at radius 1 is 1.47 bits per heavy atom. The molecule has 1 aromatic carbocycles. The molecule has 0 saturated carbocycles. The molecule has 6 heteroatoms. The van der Waals surface area contributed by atoms with Crippen LogP contribution in [-0.2, 0) is 0 Å². The van der Waals surface area contributed by atoms with E-state index in [0.29, 0.717) is 0 Å². The van der Waals surface area contributed by atoms with Gasteiger partial charge in [-0.3, -0.25) is 4.79 Å². The van der Waals surface area contributed by atoms with Crippen molar-refractivity contribution in [1.29, 1.82) is 0 Å². The molecule has 4 N–H and O–H groups in total. The molecule has 0 aliphatic carbocycles. The van der Waals surface area contributed by atoms with Gasteiger partial charge in [-0.05, 0) is 30.5 Å². The molecule has 0 heterocycles. The quantitative estimate of drug-likeness (QED) is 0.335. The fourth-order valence-electron chi connectivity index (χ4n) is 1.67. The van der Waals surface area contributed by atoms with Crippen molar-refractivity contribution in [3.05, 3.63) is 35.1 Å². The summed E-state index contributed by atoms with van der Waals surface area (Å²) in [6, 6.07) is 3.68. The number of benzene rings is 1. The van der Waals surface area contributed by atoms with E-state index < -0.39 is 17.8 Å². The molecule has 1 unspecified atom stereocenters. The molecule has 104 valence electrons. The van der Waals surface area contributed by atoms with Gasteiger partial charge in [0.1, 0.15) is 5.82 Å². The predicted molar refractivity (Wildman–Crippen MR) is 70.6 cm³/mol. The number of carbonyl (C=O) groups is 1. The highest BCUT2D eigenvalue weighted by Crippen LogP contribution is 2.11. The number of oxime groups is 1. The third-order valence-electron chi connectivity index (χ3n) is 2.76. The van der Waals surface area contributed by atoms with Crippen molar-refractivity contribution in [2.24, 2.45) is 16.8 Å². The van der Waals surface area contributed by atoms with Crippen molar-refractivity contribution >= 4 is 11.7 Å². The molecule has 1 aromatic rings. The van der Waals surface area contributed by atoms with Crippen LogP contribution < -0.4 is 11.1 Å². The number of hydrogen-bond donors (Lipinski definition) is 3. The van der Waals surface area contributed by atoms with Crippen molar-refractivity contribution < 1.29 is 14.4 Å². The minimum Gasteiger partial charge on any atom is -0.409 e. The van der Waals surface area contributed by atoms with Crippen LogP contribution in [-0.4, -0.2) is 23.0 Å². The largest absolute Gasteiger partial charge is 0.409 e. The average Bonchev–Trinajstić information content (AvgIpc) is 2.34. The molecule has 0 fully saturated rings. The van der Waals surface area contributed by atoms with Crippen molar-refractivity contribution in [3.63, 3.8) is 0 Å². The molecule has 0 radical (unpaired) electrons. The van der Waals surface area contributed by atoms with Gasteiger partial charge in [-0.1, -0.05) is 25.1 Å². The number of amidine groups is 1. The van der Waals surface area contributed by atoms with Gasteiger partial charge in [-0.25, -0.2) is 4.39 Å². The standard InChI is InChI=1S/C13H18FN3O2/c1-7(2)11(12(15)17-19)16-13(18)9-5-4-8(3)6-10(9)14/h4-7,11,19H,1-3H3,(H2,15,17)(H,16,18). The van der Waals surface area contributed by atoms with Gasteiger partial charge < -0.3 is 16.3 Å². The first-order chi connectivity index (χ1) is 8.86. The molecule has 0 aliphatic rings. The van der Waals surface area contributed by atoms with E-state index in [1.807, 2.05) is 0 Å². The lowest BCUT2D eigenvalue weighted by Crippen LogP contribution is -2.48. The summed E-state index contributed by atoms with van der Waals surface area (Å²) in [7, 11) is 0. The van der Waals surface area contributed by atoms with Gasteiger partial charge in [0.15, 0.2) is 5.84 Å². The van der Waals surface area contributed by atoms with Crippen LogP contribution in [0.5, 0.6) is 0 Å². The zero-order valence-corrected chi connectivity index (χ0v) is 11.1. The number of nitrogens with zero attached hydrogens (tertiary/aromatic N) is 1. The molecule has 19 heavy (non-hydrogen) atoms. The van der Waals surface area contributed by atoms with Crippen molar-refractivity contribution in [2.45, 2.75) is 26.8 Å². The highest BCUT2D eigenvalue weighted by Gasteiger charge is 2.22. The number of halogens is 1. The van der Waals surface area contributed by atoms with Crippen LogP contribution in [0.2, 0.25) is 0 Å². The van der Waals surface area contributed by atoms with Gasteiger partial charge >= 0.3 is 0 Å². The van der Waals surface area contributed by atoms with Crippen LogP contribution in [0, 0.1) is 18.7 Å². The number of nitrogens with one attached hydrogen (secondary N) is 1. The second kappa shape index (κ2) is 6.17. The van der Waals surface area contributed by atoms with E-state index in [-0.39, 0.29) is 17.3 Å². The molecule has 1 amide bonds. The fraction of sp³-hybridized carbons (Fsp3) is 0.385. The lowest BCUT2D eigenvalue weighted by atomic mass is 10.0. The predicted octanol–water partition coefficient (Wildman–Crippen LogP) is 1.63. The second-order valence-electron chi connectivity index (χ2n) is 4.70. The van der Waals surface area contributed by atoms with E-state index in [4.69, 9.17) is 10.9 Å². The van der Waals surface area contributed by atoms with E-state index in [0.717, 1.165) is 5.56 Å². The molecule has 0 bridgehead atoms. The first kappa shape index (κ1) is 14.9. The Morgan fingerprint density at radius 2 is 2.11 bits per heavy atom. The summed E-state index contributed by atoms with van der Waals surface area (Å²) < 4.78 is 13.7. The Bertz CT molecular complexity index is 501. The average molecular weight is 267 g/mol. The van der Waals surface area contributed by atoms with Crippen LogP contribution in [0.25, 0.3) is 0 Å². The van der Waals surface area contributed by atoms with Crippen molar-refractivity contribution in [1.82, 2.24) is 5.32 Å². The van der Waals surface area contributed by atoms with Gasteiger partial charge in [0.25, 0.3) is 5.91 Å². The molecule has 1 rings (SSSR count). The summed E-state index contributed by atoms with van der Waals surface area (Å²) in [6.07, 6.45) is 0. The minimum absolute atomic E-state index is 0.0676. The highest BCUT2D eigenvalue weighted by molar-refractivity contribution is 5.98. The number of aryl methyl sites for hydroxylation is 1. The number of rotatable bonds is 4. The van der Waals surface area contributed by atoms with Crippen LogP contribution in [0.4, 0.5) is 4.39 Å². The third kappa shape index (κ3) is 3.67. The van der Waals surface area contributed by atoms with Gasteiger partial charge in [0.2, 0.25) is 0 Å². The summed E-state index contributed by atoms with van der Waals surface area (Å²) >= 11 is 0. The maximum Gasteiger partial charge on any atom is 0.254 e. The maximum absolute atomic E-state index is 13.7. The van der Waals surface area contributed by atoms with Crippen LogP contribution in [0.1, 0.15) is 29.8 Å². The van der Waals surface area contributed by atoms with E-state index >= 15 is 0 Å². The Morgan fingerprint density at radius 3 is 2.58 bits per heavy atom. The molecular formula is C13H18FN3O2. The molecule has 0 aliphatic heterocycles. The molecule has 0 saturated heterocycles. The Balaban J connectivity index is 2.94. The summed E-state index contributed by atoms with van der Waals surface area (Å²) in [5.41, 5.74) is 6.16. The normalized spacial score (nSPS) is 13.4. The Kier molecular flexibility index (Phi) is 4.86. The van der Waals surface area contributed by atoms with E-state index in [2.05, 4.69) is 10.5 Å². The van der Waals surface area contributed by atoms with Gasteiger partial charge in [-0.2, -0.15) is 0 Å². The van der Waals surface area contributed by atoms with Crippen molar-refractivity contribution in [3.8, 4) is 0 Å². The summed E-state index contributed by atoms with van der Waals surface area (Å²) in [5, 5.41) is 14.1. The summed E-state index contributed by atoms with van der Waals surface area (Å²) in [4.78, 5) is 12.0. The van der Waals surface area contributed by atoms with Crippen LogP contribution in [0.3, 0.4) is 0 Å². The van der Waals surface area contributed by atoms with E-state index in [1.165, 1.54) is 12.1 Å². The molecule has 5 nitrogen and oxygen atoms in total. The number of amides is 1. The fourth-order valence-corrected chi connectivity index (χ4v) is 1.67. The highest BCUT2D eigenvalue weighted by atomic mass is 19.1. The zero-order chi connectivity index (χ0) is 14.6. The number of carbonyl (C=O) groups excluding carboxylic acids is 1. The molecular weight excluding hydrogens is 249 g/mol. The lowest BCUT2D eigenvalue weighted by molar-refractivity contribution is 0.0934. The number of nitrogens with two attached hydrogens (primary N) is 1. The van der Waals surface area contributed by atoms with E-state index in [9.17, 15) is 9.18 Å². The Labute approximate surface area is 111 Å². The van der Waals surface area contributed by atoms with E-state index in [1.54, 1.807) is 26.8 Å². The maximum atomic E-state index is 13.7. The first-order valence-electron chi connectivity index (χ1n) is 5.91. The SMILES string of the molecule is Cc1ccc(C(=O)NC(C(N)=NO)C(C)C)c(F)c1. The van der Waals surface area contributed by atoms with Crippen LogP contribution >= 0.6 is 0 Å². The monoisotopic (exact) mass is 267 g/mol. The summed E-state index contributed by atoms with van der Waals surface area (Å²) in [6.45, 7) is 5.33. The van der Waals surface area contributed by atoms with Gasteiger partial charge in [0, 0.05) is 0 Å². The Hall–Kier alpha value is -2.11. The van der Waals surface area contributed by atoms with Crippen LogP contribution in [0.15, 0.2) is 23.4 Å². The van der Waals surface area contributed by atoms with Gasteiger partial charge in [0.05, 0.1) is 11.6 Å². The smallest absolute Gasteiger partial charge is 0.254 e. The van der Waals surface area contributed by atoms with Crippen molar-refractivity contribution in [2.75, 3.05) is 0 Å². The minimum atomic E-state index is -0.654. The topological polar surface area (TPSA) is 87.7 Å². The number of hydrogen-bond acceptors (Lipinski definition) is 3. The molecule has 0 aromatic heterocycles. The third-order valence-corrected chi connectivity index (χ3v) is 2.76. The van der Waals surface area contributed by atoms with Gasteiger partial charge in [-0.15, -0.1) is 0 Å². The second-order valence-corrected chi connectivity index (χ2v) is 4.70. The first-order valence-corrected chi connectivity index (χ1v) is 5.91. The molecule has 0 spiro atoms. The zero-order valence-electron chi connectivity index (χ0n) is 11.1.